The van der Waals surface area contributed by atoms with E-state index < -0.39 is 0 Å². The van der Waals surface area contributed by atoms with Gasteiger partial charge in [0.25, 0.3) is 0 Å². The summed E-state index contributed by atoms with van der Waals surface area (Å²) in [6, 6.07) is 3.89. The van der Waals surface area contributed by atoms with E-state index in [9.17, 15) is 0 Å². The third-order valence-electron chi connectivity index (χ3n) is 2.75. The summed E-state index contributed by atoms with van der Waals surface area (Å²) in [5.41, 5.74) is 1.08. The Kier molecular flexibility index (Phi) is 12.9. The number of aromatic nitrogens is 1. The van der Waals surface area contributed by atoms with Gasteiger partial charge in [-0.25, -0.2) is 4.98 Å². The lowest BCUT2D eigenvalue weighted by Gasteiger charge is -2.12. The summed E-state index contributed by atoms with van der Waals surface area (Å²) >= 11 is 0. The van der Waals surface area contributed by atoms with Crippen LogP contribution in [-0.2, 0) is 11.3 Å². The normalized spacial score (nSPS) is 10.8. The molecule has 1 aromatic rings. The fourth-order valence-corrected chi connectivity index (χ4v) is 1.64. The minimum atomic E-state index is 0. The Morgan fingerprint density at radius 1 is 1.27 bits per heavy atom. The number of pyridine rings is 1. The number of aliphatic imine (C=N–C) groups is 1. The molecule has 0 unspecified atom stereocenters. The zero-order valence-corrected chi connectivity index (χ0v) is 15.9. The van der Waals surface area contributed by atoms with Crippen molar-refractivity contribution in [3.63, 3.8) is 0 Å². The van der Waals surface area contributed by atoms with Crippen molar-refractivity contribution in [2.75, 3.05) is 33.9 Å². The Morgan fingerprint density at radius 2 is 2.09 bits per heavy atom. The lowest BCUT2D eigenvalue weighted by molar-refractivity contribution is 0.195. The van der Waals surface area contributed by atoms with Crippen LogP contribution in [0, 0.1) is 0 Å². The third kappa shape index (κ3) is 9.04. The van der Waals surface area contributed by atoms with Crippen LogP contribution in [0.3, 0.4) is 0 Å². The number of nitrogens with one attached hydrogen (secondary N) is 2. The molecule has 1 aromatic heterocycles. The zero-order chi connectivity index (χ0) is 15.3. The van der Waals surface area contributed by atoms with Crippen molar-refractivity contribution in [2.24, 2.45) is 4.99 Å². The van der Waals surface area contributed by atoms with Crippen LogP contribution in [0.1, 0.15) is 25.3 Å². The van der Waals surface area contributed by atoms with Crippen molar-refractivity contribution in [3.8, 4) is 5.88 Å². The summed E-state index contributed by atoms with van der Waals surface area (Å²) in [7, 11) is 3.46. The van der Waals surface area contributed by atoms with Gasteiger partial charge in [-0.05, 0) is 18.4 Å². The van der Waals surface area contributed by atoms with Gasteiger partial charge in [-0.15, -0.1) is 24.0 Å². The summed E-state index contributed by atoms with van der Waals surface area (Å²) in [6.45, 7) is 5.01. The summed E-state index contributed by atoms with van der Waals surface area (Å²) < 4.78 is 10.5. The van der Waals surface area contributed by atoms with Gasteiger partial charge in [0.1, 0.15) is 0 Å². The van der Waals surface area contributed by atoms with Crippen molar-refractivity contribution >= 4 is 29.9 Å². The number of guanidine groups is 1. The second kappa shape index (κ2) is 13.6. The molecule has 0 aliphatic rings. The molecule has 0 radical (unpaired) electrons. The molecule has 0 saturated carbocycles. The highest BCUT2D eigenvalue weighted by Crippen LogP contribution is 2.07. The summed E-state index contributed by atoms with van der Waals surface area (Å²) in [4.78, 5) is 8.43. The molecule has 0 amide bonds. The Hall–Kier alpha value is -1.09. The van der Waals surface area contributed by atoms with Gasteiger partial charge in [0.05, 0.1) is 6.61 Å². The van der Waals surface area contributed by atoms with E-state index in [1.807, 2.05) is 18.3 Å². The number of nitrogens with zero attached hydrogens (tertiary/aromatic N) is 2. The molecule has 0 bridgehead atoms. The minimum absolute atomic E-state index is 0. The van der Waals surface area contributed by atoms with E-state index in [0.717, 1.165) is 37.5 Å². The quantitative estimate of drug-likeness (QED) is 0.277. The van der Waals surface area contributed by atoms with E-state index in [1.54, 1.807) is 14.2 Å². The van der Waals surface area contributed by atoms with Crippen LogP contribution in [0.2, 0.25) is 0 Å². The molecule has 0 fully saturated rings. The molecule has 0 aliphatic heterocycles. The summed E-state index contributed by atoms with van der Waals surface area (Å²) in [5, 5.41) is 6.47. The SMILES string of the molecule is CCCOc1ccc(CNC(=NC)NCCCOC)cn1.I. The highest BCUT2D eigenvalue weighted by Gasteiger charge is 2.00. The van der Waals surface area contributed by atoms with Crippen LogP contribution >= 0.6 is 24.0 Å². The highest BCUT2D eigenvalue weighted by molar-refractivity contribution is 14.0. The zero-order valence-electron chi connectivity index (χ0n) is 13.6. The predicted octanol–water partition coefficient (Wildman–Crippen LogP) is 2.19. The van der Waals surface area contributed by atoms with Crippen molar-refractivity contribution in [1.82, 2.24) is 15.6 Å². The first kappa shape index (κ1) is 20.9. The van der Waals surface area contributed by atoms with Crippen molar-refractivity contribution in [3.05, 3.63) is 23.9 Å². The maximum atomic E-state index is 5.45. The van der Waals surface area contributed by atoms with E-state index in [4.69, 9.17) is 9.47 Å². The minimum Gasteiger partial charge on any atom is -0.478 e. The van der Waals surface area contributed by atoms with Gasteiger partial charge >= 0.3 is 0 Å². The second-order valence-electron chi connectivity index (χ2n) is 4.55. The Balaban J connectivity index is 0.00000441. The largest absolute Gasteiger partial charge is 0.478 e. The molecule has 1 heterocycles. The number of rotatable bonds is 9. The molecule has 0 spiro atoms. The predicted molar refractivity (Wildman–Crippen MR) is 100 cm³/mol. The molecule has 0 saturated heterocycles. The molecule has 2 N–H and O–H groups in total. The van der Waals surface area contributed by atoms with Crippen LogP contribution in [0.25, 0.3) is 0 Å². The first-order valence-corrected chi connectivity index (χ1v) is 7.31. The molecule has 126 valence electrons. The fraction of sp³-hybridized carbons (Fsp3) is 0.600. The smallest absolute Gasteiger partial charge is 0.213 e. The maximum absolute atomic E-state index is 5.45. The van der Waals surface area contributed by atoms with Crippen LogP contribution in [0.15, 0.2) is 23.3 Å². The van der Waals surface area contributed by atoms with E-state index >= 15 is 0 Å². The number of hydrogen-bond acceptors (Lipinski definition) is 4. The Labute approximate surface area is 150 Å². The van der Waals surface area contributed by atoms with Gasteiger partial charge in [0.15, 0.2) is 5.96 Å². The monoisotopic (exact) mass is 422 g/mol. The second-order valence-corrected chi connectivity index (χ2v) is 4.55. The van der Waals surface area contributed by atoms with E-state index in [2.05, 4.69) is 27.5 Å². The van der Waals surface area contributed by atoms with Gasteiger partial charge in [0.2, 0.25) is 5.88 Å². The number of ether oxygens (including phenoxy) is 2. The Morgan fingerprint density at radius 3 is 2.68 bits per heavy atom. The molecule has 0 aromatic carbocycles. The Bertz CT molecular complexity index is 413. The first-order valence-electron chi connectivity index (χ1n) is 7.31. The van der Waals surface area contributed by atoms with Gasteiger partial charge in [-0.3, -0.25) is 4.99 Å². The molecular weight excluding hydrogens is 395 g/mol. The van der Waals surface area contributed by atoms with E-state index in [0.29, 0.717) is 19.0 Å². The average molecular weight is 422 g/mol. The lowest BCUT2D eigenvalue weighted by Crippen LogP contribution is -2.37. The molecule has 6 nitrogen and oxygen atoms in total. The molecular formula is C15H27IN4O2. The standard InChI is InChI=1S/C15H26N4O2.HI/c1-4-9-21-14-7-6-13(11-18-14)12-19-15(16-2)17-8-5-10-20-3;/h6-7,11H,4-5,8-10,12H2,1-3H3,(H2,16,17,19);1H. The van der Waals surface area contributed by atoms with Crippen LogP contribution in [0.5, 0.6) is 5.88 Å². The van der Waals surface area contributed by atoms with Gasteiger partial charge in [-0.2, -0.15) is 0 Å². The van der Waals surface area contributed by atoms with Gasteiger partial charge in [-0.1, -0.05) is 13.0 Å². The van der Waals surface area contributed by atoms with Crippen molar-refractivity contribution in [1.29, 1.82) is 0 Å². The summed E-state index contributed by atoms with van der Waals surface area (Å²) in [6.07, 6.45) is 3.74. The van der Waals surface area contributed by atoms with Crippen molar-refractivity contribution in [2.45, 2.75) is 26.3 Å². The molecule has 0 atom stereocenters. The number of halogens is 1. The molecule has 7 heteroatoms. The average Bonchev–Trinajstić information content (AvgIpc) is 2.53. The van der Waals surface area contributed by atoms with Crippen LogP contribution in [-0.4, -0.2) is 44.9 Å². The fourth-order valence-electron chi connectivity index (χ4n) is 1.64. The van der Waals surface area contributed by atoms with Crippen LogP contribution in [0.4, 0.5) is 0 Å². The first-order chi connectivity index (χ1) is 10.3. The van der Waals surface area contributed by atoms with Crippen molar-refractivity contribution < 1.29 is 9.47 Å². The maximum Gasteiger partial charge on any atom is 0.213 e. The molecule has 0 aliphatic carbocycles. The van der Waals surface area contributed by atoms with Gasteiger partial charge in [0, 0.05) is 46.1 Å². The van der Waals surface area contributed by atoms with E-state index in [1.165, 1.54) is 0 Å². The molecule has 22 heavy (non-hydrogen) atoms. The van der Waals surface area contributed by atoms with E-state index in [-0.39, 0.29) is 24.0 Å². The topological polar surface area (TPSA) is 67.8 Å². The summed E-state index contributed by atoms with van der Waals surface area (Å²) in [5.74, 6) is 1.44. The number of methoxy groups -OCH3 is 1. The third-order valence-corrected chi connectivity index (χ3v) is 2.75. The lowest BCUT2D eigenvalue weighted by atomic mass is 10.3. The highest BCUT2D eigenvalue weighted by atomic mass is 127. The molecule has 1 rings (SSSR count). The number of hydrogen-bond donors (Lipinski definition) is 2. The van der Waals surface area contributed by atoms with Gasteiger partial charge < -0.3 is 20.1 Å². The van der Waals surface area contributed by atoms with Crippen LogP contribution < -0.4 is 15.4 Å².